The summed E-state index contributed by atoms with van der Waals surface area (Å²) in [5.74, 6) is 1.78. The van der Waals surface area contributed by atoms with Gasteiger partial charge in [-0.25, -0.2) is 0 Å². The van der Waals surface area contributed by atoms with Gasteiger partial charge in [0.25, 0.3) is 0 Å². The van der Waals surface area contributed by atoms with Gasteiger partial charge < -0.3 is 24.4 Å². The standard InChI is InChI=1S/C19H21NO5/c1-20-6-5-12-9-16-19(25-10-24-16)18(22)17(12)13(20)7-11-3-4-15(23-2)14(21)8-11/h3-4,8-9,13,21-22H,5-7,10H2,1-2H3. The van der Waals surface area contributed by atoms with E-state index in [0.717, 1.165) is 29.7 Å². The van der Waals surface area contributed by atoms with Crippen molar-refractivity contribution < 1.29 is 24.4 Å². The van der Waals surface area contributed by atoms with Crippen LogP contribution in [-0.4, -0.2) is 42.6 Å². The van der Waals surface area contributed by atoms with Crippen LogP contribution < -0.4 is 14.2 Å². The molecule has 6 heteroatoms. The van der Waals surface area contributed by atoms with Gasteiger partial charge in [-0.05, 0) is 49.2 Å². The molecule has 132 valence electrons. The molecule has 0 saturated carbocycles. The molecule has 0 fully saturated rings. The Balaban J connectivity index is 1.72. The average molecular weight is 343 g/mol. The average Bonchev–Trinajstić information content (AvgIpc) is 3.06. The molecule has 4 rings (SSSR count). The lowest BCUT2D eigenvalue weighted by Crippen LogP contribution is -2.33. The summed E-state index contributed by atoms with van der Waals surface area (Å²) in [6.45, 7) is 1.03. The van der Waals surface area contributed by atoms with Gasteiger partial charge in [-0.1, -0.05) is 6.07 Å². The van der Waals surface area contributed by atoms with E-state index in [2.05, 4.69) is 4.90 Å². The zero-order valence-corrected chi connectivity index (χ0v) is 14.3. The molecule has 0 aliphatic carbocycles. The number of likely N-dealkylation sites (N-methyl/N-ethyl adjacent to an activating group) is 1. The van der Waals surface area contributed by atoms with E-state index < -0.39 is 0 Å². The number of nitrogens with zero attached hydrogens (tertiary/aromatic N) is 1. The number of rotatable bonds is 3. The van der Waals surface area contributed by atoms with Crippen LogP contribution in [0.3, 0.4) is 0 Å². The van der Waals surface area contributed by atoms with Gasteiger partial charge >= 0.3 is 0 Å². The van der Waals surface area contributed by atoms with Gasteiger partial charge in [-0.3, -0.25) is 4.90 Å². The highest BCUT2D eigenvalue weighted by molar-refractivity contribution is 5.61. The van der Waals surface area contributed by atoms with E-state index in [4.69, 9.17) is 14.2 Å². The molecule has 0 spiro atoms. The van der Waals surface area contributed by atoms with Crippen molar-refractivity contribution in [3.05, 3.63) is 41.0 Å². The van der Waals surface area contributed by atoms with Crippen LogP contribution in [0, 0.1) is 0 Å². The lowest BCUT2D eigenvalue weighted by molar-refractivity contribution is 0.171. The number of aromatic hydroxyl groups is 2. The largest absolute Gasteiger partial charge is 0.504 e. The number of fused-ring (bicyclic) bond motifs is 2. The molecule has 2 aromatic carbocycles. The Morgan fingerprint density at radius 1 is 1.24 bits per heavy atom. The Labute approximate surface area is 146 Å². The van der Waals surface area contributed by atoms with Crippen LogP contribution in [-0.2, 0) is 12.8 Å². The third-order valence-corrected chi connectivity index (χ3v) is 5.03. The second-order valence-electron chi connectivity index (χ2n) is 6.49. The quantitative estimate of drug-likeness (QED) is 0.893. The molecule has 2 aliphatic rings. The summed E-state index contributed by atoms with van der Waals surface area (Å²) in [6, 6.07) is 7.37. The molecular weight excluding hydrogens is 322 g/mol. The minimum atomic E-state index is -0.00829. The number of methoxy groups -OCH3 is 1. The predicted octanol–water partition coefficient (Wildman–Crippen LogP) is 2.61. The van der Waals surface area contributed by atoms with Crippen LogP contribution in [0.1, 0.15) is 22.7 Å². The Hall–Kier alpha value is -2.60. The maximum absolute atomic E-state index is 10.8. The van der Waals surface area contributed by atoms with E-state index in [1.807, 2.05) is 19.2 Å². The summed E-state index contributed by atoms with van der Waals surface area (Å²) < 4.78 is 16.0. The molecule has 1 unspecified atom stereocenters. The van der Waals surface area contributed by atoms with E-state index in [1.54, 1.807) is 12.1 Å². The molecule has 2 N–H and O–H groups in total. The summed E-state index contributed by atoms with van der Waals surface area (Å²) in [6.07, 6.45) is 1.51. The number of phenols is 2. The second-order valence-corrected chi connectivity index (χ2v) is 6.49. The highest BCUT2D eigenvalue weighted by Crippen LogP contribution is 2.49. The normalized spacial score (nSPS) is 18.9. The van der Waals surface area contributed by atoms with Crippen molar-refractivity contribution in [3.63, 3.8) is 0 Å². The fourth-order valence-electron chi connectivity index (χ4n) is 3.69. The lowest BCUT2D eigenvalue weighted by Gasteiger charge is -2.35. The molecule has 0 saturated heterocycles. The molecular formula is C19H21NO5. The first-order valence-electron chi connectivity index (χ1n) is 8.29. The topological polar surface area (TPSA) is 71.4 Å². The molecule has 25 heavy (non-hydrogen) atoms. The SMILES string of the molecule is COc1ccc(CC2c3c(cc4c(c3O)OCO4)CCN2C)cc1O. The van der Waals surface area contributed by atoms with Crippen LogP contribution in [0.5, 0.6) is 28.7 Å². The van der Waals surface area contributed by atoms with Crippen LogP contribution in [0.25, 0.3) is 0 Å². The third kappa shape index (κ3) is 2.62. The molecule has 0 amide bonds. The summed E-state index contributed by atoms with van der Waals surface area (Å²) in [5.41, 5.74) is 2.94. The van der Waals surface area contributed by atoms with Gasteiger partial charge in [-0.15, -0.1) is 0 Å². The molecule has 0 bridgehead atoms. The fourth-order valence-corrected chi connectivity index (χ4v) is 3.69. The number of ether oxygens (including phenoxy) is 3. The summed E-state index contributed by atoms with van der Waals surface area (Å²) in [7, 11) is 3.57. The van der Waals surface area contributed by atoms with E-state index in [1.165, 1.54) is 7.11 Å². The summed E-state index contributed by atoms with van der Waals surface area (Å²) in [5, 5.41) is 20.8. The number of benzene rings is 2. The van der Waals surface area contributed by atoms with Gasteiger partial charge in [0.15, 0.2) is 23.0 Å². The minimum absolute atomic E-state index is 0.00829. The number of hydrogen-bond donors (Lipinski definition) is 2. The van der Waals surface area contributed by atoms with Crippen LogP contribution in [0.4, 0.5) is 0 Å². The van der Waals surface area contributed by atoms with Crippen molar-refractivity contribution in [1.82, 2.24) is 4.90 Å². The molecule has 6 nitrogen and oxygen atoms in total. The van der Waals surface area contributed by atoms with Crippen LogP contribution in [0.2, 0.25) is 0 Å². The summed E-state index contributed by atoms with van der Waals surface area (Å²) in [4.78, 5) is 2.21. The highest BCUT2D eigenvalue weighted by atomic mass is 16.7. The van der Waals surface area contributed by atoms with Crippen molar-refractivity contribution >= 4 is 0 Å². The van der Waals surface area contributed by atoms with Gasteiger partial charge in [-0.2, -0.15) is 0 Å². The van der Waals surface area contributed by atoms with Crippen LogP contribution >= 0.6 is 0 Å². The number of hydrogen-bond acceptors (Lipinski definition) is 6. The first-order valence-corrected chi connectivity index (χ1v) is 8.29. The molecule has 1 atom stereocenters. The van der Waals surface area contributed by atoms with Crippen LogP contribution in [0.15, 0.2) is 24.3 Å². The molecule has 2 aliphatic heterocycles. The van der Waals surface area contributed by atoms with Gasteiger partial charge in [0.2, 0.25) is 12.5 Å². The molecule has 2 heterocycles. The first kappa shape index (κ1) is 15.9. The highest BCUT2D eigenvalue weighted by Gasteiger charge is 2.33. The molecule has 0 radical (unpaired) electrons. The lowest BCUT2D eigenvalue weighted by atomic mass is 9.87. The van der Waals surface area contributed by atoms with E-state index >= 15 is 0 Å². The Bertz CT molecular complexity index is 820. The van der Waals surface area contributed by atoms with E-state index in [-0.39, 0.29) is 24.3 Å². The zero-order chi connectivity index (χ0) is 17.6. The van der Waals surface area contributed by atoms with E-state index in [0.29, 0.717) is 23.7 Å². The van der Waals surface area contributed by atoms with Crippen molar-refractivity contribution in [1.29, 1.82) is 0 Å². The third-order valence-electron chi connectivity index (χ3n) is 5.03. The maximum atomic E-state index is 10.8. The smallest absolute Gasteiger partial charge is 0.231 e. The van der Waals surface area contributed by atoms with Gasteiger partial charge in [0, 0.05) is 18.2 Å². The maximum Gasteiger partial charge on any atom is 0.231 e. The molecule has 2 aromatic rings. The van der Waals surface area contributed by atoms with Crippen molar-refractivity contribution in [2.24, 2.45) is 0 Å². The Morgan fingerprint density at radius 3 is 2.84 bits per heavy atom. The van der Waals surface area contributed by atoms with E-state index in [9.17, 15) is 10.2 Å². The van der Waals surface area contributed by atoms with Gasteiger partial charge in [0.05, 0.1) is 7.11 Å². The second kappa shape index (κ2) is 6.04. The molecule has 0 aromatic heterocycles. The minimum Gasteiger partial charge on any atom is -0.504 e. The number of phenolic OH excluding ortho intramolecular Hbond substituents is 2. The zero-order valence-electron chi connectivity index (χ0n) is 14.3. The predicted molar refractivity (Wildman–Crippen MR) is 91.7 cm³/mol. The summed E-state index contributed by atoms with van der Waals surface area (Å²) >= 11 is 0. The monoisotopic (exact) mass is 343 g/mol. The van der Waals surface area contributed by atoms with Gasteiger partial charge in [0.1, 0.15) is 0 Å². The first-order chi connectivity index (χ1) is 12.1. The Morgan fingerprint density at radius 2 is 2.08 bits per heavy atom. The Kier molecular flexibility index (Phi) is 3.84. The van der Waals surface area contributed by atoms with Crippen molar-refractivity contribution in [3.8, 4) is 28.7 Å². The fraction of sp³-hybridized carbons (Fsp3) is 0.368. The van der Waals surface area contributed by atoms with Crippen molar-refractivity contribution in [2.45, 2.75) is 18.9 Å². The van der Waals surface area contributed by atoms with Crippen molar-refractivity contribution in [2.75, 3.05) is 27.5 Å².